The second kappa shape index (κ2) is 6.70. The first-order valence-corrected chi connectivity index (χ1v) is 9.05. The summed E-state index contributed by atoms with van der Waals surface area (Å²) in [6.45, 7) is 0.159. The molecule has 7 nitrogen and oxygen atoms in total. The Kier molecular flexibility index (Phi) is 4.63. The zero-order chi connectivity index (χ0) is 17.2. The lowest BCUT2D eigenvalue weighted by Crippen LogP contribution is -2.18. The number of sulfonamides is 1. The molecule has 126 valence electrons. The van der Waals surface area contributed by atoms with Crippen molar-refractivity contribution in [2.24, 2.45) is 5.10 Å². The molecule has 0 fully saturated rings. The number of hydrogen-bond acceptors (Lipinski definition) is 6. The molecule has 9 heteroatoms. The molecule has 0 saturated heterocycles. The van der Waals surface area contributed by atoms with Gasteiger partial charge in [-0.05, 0) is 52.3 Å². The summed E-state index contributed by atoms with van der Waals surface area (Å²) in [7, 11) is -2.25. The molecule has 1 N–H and O–H groups in total. The van der Waals surface area contributed by atoms with E-state index >= 15 is 0 Å². The van der Waals surface area contributed by atoms with E-state index < -0.39 is 10.0 Å². The summed E-state index contributed by atoms with van der Waals surface area (Å²) in [6, 6.07) is 9.44. The predicted molar refractivity (Wildman–Crippen MR) is 91.2 cm³/mol. The number of halogens is 1. The van der Waals surface area contributed by atoms with Crippen molar-refractivity contribution in [2.45, 2.75) is 4.90 Å². The Morgan fingerprint density at radius 1 is 1.21 bits per heavy atom. The van der Waals surface area contributed by atoms with Crippen LogP contribution in [-0.2, 0) is 10.0 Å². The molecular weight excluding hydrogens is 400 g/mol. The number of fused-ring (bicyclic) bond motifs is 1. The fraction of sp³-hybridized carbons (Fsp3) is 0.133. The molecule has 0 aromatic heterocycles. The van der Waals surface area contributed by atoms with E-state index in [0.717, 1.165) is 0 Å². The fourth-order valence-electron chi connectivity index (χ4n) is 2.00. The summed E-state index contributed by atoms with van der Waals surface area (Å²) < 4.78 is 40.6. The summed E-state index contributed by atoms with van der Waals surface area (Å²) in [5, 5.41) is 3.80. The van der Waals surface area contributed by atoms with E-state index in [2.05, 4.69) is 25.9 Å². The molecule has 2 aromatic carbocycles. The molecule has 0 saturated carbocycles. The highest BCUT2D eigenvalue weighted by Crippen LogP contribution is 2.36. The Labute approximate surface area is 147 Å². The Bertz CT molecular complexity index is 881. The normalized spacial score (nSPS) is 13.2. The average Bonchev–Trinajstić information content (AvgIpc) is 3.02. The minimum absolute atomic E-state index is 0.0882. The monoisotopic (exact) mass is 412 g/mol. The number of hydrazone groups is 1. The van der Waals surface area contributed by atoms with Crippen LogP contribution in [0.4, 0.5) is 0 Å². The molecular formula is C15H13BrN2O5S. The van der Waals surface area contributed by atoms with Gasteiger partial charge in [0.15, 0.2) is 11.5 Å². The maximum atomic E-state index is 12.2. The van der Waals surface area contributed by atoms with Gasteiger partial charge in [-0.3, -0.25) is 0 Å². The van der Waals surface area contributed by atoms with Crippen LogP contribution in [0.1, 0.15) is 5.56 Å². The molecule has 0 atom stereocenters. The smallest absolute Gasteiger partial charge is 0.276 e. The van der Waals surface area contributed by atoms with Gasteiger partial charge in [0.05, 0.1) is 18.2 Å². The standard InChI is InChI=1S/C15H13BrN2O5S/c1-21-11-2-4-12(5-3-11)24(19,20)18-17-8-10-6-14-15(7-13(10)16)23-9-22-14/h2-8,18H,9H2,1H3. The number of rotatable bonds is 5. The molecule has 1 heterocycles. The third-order valence-electron chi connectivity index (χ3n) is 3.24. The van der Waals surface area contributed by atoms with Crippen molar-refractivity contribution >= 4 is 32.2 Å². The van der Waals surface area contributed by atoms with Crippen molar-refractivity contribution in [1.29, 1.82) is 0 Å². The van der Waals surface area contributed by atoms with E-state index in [0.29, 0.717) is 27.3 Å². The van der Waals surface area contributed by atoms with E-state index in [9.17, 15) is 8.42 Å². The van der Waals surface area contributed by atoms with E-state index in [1.807, 2.05) is 0 Å². The van der Waals surface area contributed by atoms with Crippen LogP contribution >= 0.6 is 15.9 Å². The lowest BCUT2D eigenvalue weighted by atomic mass is 10.2. The molecule has 0 bridgehead atoms. The van der Waals surface area contributed by atoms with Gasteiger partial charge in [0, 0.05) is 10.0 Å². The van der Waals surface area contributed by atoms with Gasteiger partial charge in [-0.2, -0.15) is 13.5 Å². The highest BCUT2D eigenvalue weighted by molar-refractivity contribution is 9.10. The second-order valence-electron chi connectivity index (χ2n) is 4.76. The first-order valence-electron chi connectivity index (χ1n) is 6.78. The summed E-state index contributed by atoms with van der Waals surface area (Å²) in [5.41, 5.74) is 0.650. The second-order valence-corrected chi connectivity index (χ2v) is 7.27. The first kappa shape index (κ1) is 16.6. The van der Waals surface area contributed by atoms with Crippen molar-refractivity contribution in [1.82, 2.24) is 4.83 Å². The van der Waals surface area contributed by atoms with Crippen LogP contribution in [0.25, 0.3) is 0 Å². The van der Waals surface area contributed by atoms with E-state index in [-0.39, 0.29) is 11.7 Å². The van der Waals surface area contributed by atoms with Crippen LogP contribution in [0, 0.1) is 0 Å². The van der Waals surface area contributed by atoms with Gasteiger partial charge in [0.1, 0.15) is 5.75 Å². The van der Waals surface area contributed by atoms with Gasteiger partial charge in [-0.1, -0.05) is 0 Å². The third-order valence-corrected chi connectivity index (χ3v) is 5.16. The quantitative estimate of drug-likeness (QED) is 0.602. The number of methoxy groups -OCH3 is 1. The first-order chi connectivity index (χ1) is 11.5. The van der Waals surface area contributed by atoms with Gasteiger partial charge in [0.25, 0.3) is 10.0 Å². The van der Waals surface area contributed by atoms with E-state index in [1.54, 1.807) is 24.3 Å². The zero-order valence-corrected chi connectivity index (χ0v) is 14.9. The lowest BCUT2D eigenvalue weighted by molar-refractivity contribution is 0.174. The molecule has 0 unspecified atom stereocenters. The molecule has 0 amide bonds. The number of nitrogens with one attached hydrogen (secondary N) is 1. The summed E-state index contributed by atoms with van der Waals surface area (Å²) in [4.78, 5) is 2.25. The van der Waals surface area contributed by atoms with Crippen molar-refractivity contribution in [2.75, 3.05) is 13.9 Å². The van der Waals surface area contributed by atoms with Gasteiger partial charge in [0.2, 0.25) is 6.79 Å². The molecule has 2 aromatic rings. The SMILES string of the molecule is COc1ccc(S(=O)(=O)NN=Cc2cc3c(cc2Br)OCO3)cc1. The zero-order valence-electron chi connectivity index (χ0n) is 12.5. The predicted octanol–water partition coefficient (Wildman–Crippen LogP) is 2.50. The van der Waals surface area contributed by atoms with Crippen LogP contribution in [0.5, 0.6) is 17.2 Å². The van der Waals surface area contributed by atoms with Crippen LogP contribution in [0.2, 0.25) is 0 Å². The highest BCUT2D eigenvalue weighted by Gasteiger charge is 2.16. The van der Waals surface area contributed by atoms with E-state index in [4.69, 9.17) is 14.2 Å². The number of benzene rings is 2. The highest BCUT2D eigenvalue weighted by atomic mass is 79.9. The molecule has 1 aliphatic heterocycles. The largest absolute Gasteiger partial charge is 0.497 e. The Balaban J connectivity index is 1.75. The maximum absolute atomic E-state index is 12.2. The Morgan fingerprint density at radius 2 is 1.88 bits per heavy atom. The number of hydrogen-bond donors (Lipinski definition) is 1. The summed E-state index contributed by atoms with van der Waals surface area (Å²) >= 11 is 3.37. The van der Waals surface area contributed by atoms with Crippen LogP contribution in [-0.4, -0.2) is 28.5 Å². The summed E-state index contributed by atoms with van der Waals surface area (Å²) in [5.74, 6) is 1.78. The molecule has 24 heavy (non-hydrogen) atoms. The molecule has 0 radical (unpaired) electrons. The Hall–Kier alpha value is -2.26. The molecule has 3 rings (SSSR count). The maximum Gasteiger partial charge on any atom is 0.276 e. The van der Waals surface area contributed by atoms with Gasteiger partial charge in [-0.15, -0.1) is 0 Å². The average molecular weight is 413 g/mol. The fourth-order valence-corrected chi connectivity index (χ4v) is 3.22. The van der Waals surface area contributed by atoms with Gasteiger partial charge in [-0.25, -0.2) is 4.83 Å². The van der Waals surface area contributed by atoms with Crippen LogP contribution in [0.15, 0.2) is 50.9 Å². The van der Waals surface area contributed by atoms with Crippen LogP contribution < -0.4 is 19.0 Å². The summed E-state index contributed by atoms with van der Waals surface area (Å²) in [6.07, 6.45) is 1.38. The van der Waals surface area contributed by atoms with Crippen molar-refractivity contribution in [3.63, 3.8) is 0 Å². The van der Waals surface area contributed by atoms with Crippen molar-refractivity contribution in [3.8, 4) is 17.2 Å². The van der Waals surface area contributed by atoms with Gasteiger partial charge < -0.3 is 14.2 Å². The van der Waals surface area contributed by atoms with Crippen molar-refractivity contribution < 1.29 is 22.6 Å². The molecule has 0 spiro atoms. The minimum atomic E-state index is -3.75. The topological polar surface area (TPSA) is 86.2 Å². The minimum Gasteiger partial charge on any atom is -0.497 e. The Morgan fingerprint density at radius 3 is 2.54 bits per heavy atom. The number of ether oxygens (including phenoxy) is 3. The lowest BCUT2D eigenvalue weighted by Gasteiger charge is -2.05. The van der Waals surface area contributed by atoms with Crippen molar-refractivity contribution in [3.05, 3.63) is 46.4 Å². The van der Waals surface area contributed by atoms with Crippen LogP contribution in [0.3, 0.4) is 0 Å². The van der Waals surface area contributed by atoms with E-state index in [1.165, 1.54) is 25.5 Å². The number of nitrogens with zero attached hydrogens (tertiary/aromatic N) is 1. The van der Waals surface area contributed by atoms with Gasteiger partial charge >= 0.3 is 0 Å². The molecule has 1 aliphatic rings. The third kappa shape index (κ3) is 3.46. The molecule has 0 aliphatic carbocycles.